The highest BCUT2D eigenvalue weighted by molar-refractivity contribution is 5.07. The van der Waals surface area contributed by atoms with Crippen molar-refractivity contribution in [2.45, 2.75) is 13.2 Å². The van der Waals surface area contributed by atoms with Crippen LogP contribution in [0.2, 0.25) is 0 Å². The maximum absolute atomic E-state index is 6.02. The van der Waals surface area contributed by atoms with Gasteiger partial charge in [0.25, 0.3) is 0 Å². The third kappa shape index (κ3) is 3.34. The molecule has 4 heterocycles. The number of likely N-dealkylation sites (tertiary alicyclic amines) is 1. The Morgan fingerprint density at radius 2 is 1.92 bits per heavy atom. The van der Waals surface area contributed by atoms with E-state index in [1.54, 1.807) is 0 Å². The topological polar surface area (TPSA) is 47.5 Å². The number of fused-ring (bicyclic) bond motifs is 1. The van der Waals surface area contributed by atoms with Gasteiger partial charge in [0.2, 0.25) is 0 Å². The molecule has 0 radical (unpaired) electrons. The summed E-state index contributed by atoms with van der Waals surface area (Å²) in [4.78, 5) is 11.3. The largest absolute Gasteiger partial charge is 0.380 e. The highest BCUT2D eigenvalue weighted by Gasteiger charge is 2.50. The van der Waals surface area contributed by atoms with Crippen LogP contribution in [0.15, 0.2) is 48.8 Å². The Labute approximate surface area is 142 Å². The van der Waals surface area contributed by atoms with Gasteiger partial charge in [-0.1, -0.05) is 12.1 Å². The zero-order chi connectivity index (χ0) is 16.2. The average Bonchev–Trinajstić information content (AvgIpc) is 3.13. The second-order valence-corrected chi connectivity index (χ2v) is 6.88. The van der Waals surface area contributed by atoms with E-state index in [0.717, 1.165) is 50.8 Å². The van der Waals surface area contributed by atoms with Gasteiger partial charge < -0.3 is 9.47 Å². The number of pyridine rings is 2. The number of ether oxygens (including phenoxy) is 2. The molecule has 2 saturated heterocycles. The lowest BCUT2D eigenvalue weighted by Crippen LogP contribution is -2.35. The Kier molecular flexibility index (Phi) is 4.56. The standard InChI is InChI=1S/C19H23N3O2/c1-3-7-20-17(5-1)10-22-9-16-11-23-14-19(16,13-22)15-24-12-18-6-2-4-8-21-18/h1-8,16H,9-15H2/t16-,19+/m1/s1. The van der Waals surface area contributed by atoms with Crippen molar-refractivity contribution in [3.8, 4) is 0 Å². The van der Waals surface area contributed by atoms with E-state index in [4.69, 9.17) is 9.47 Å². The van der Waals surface area contributed by atoms with E-state index >= 15 is 0 Å². The molecule has 0 aromatic carbocycles. The van der Waals surface area contributed by atoms with E-state index in [0.29, 0.717) is 12.5 Å². The molecule has 126 valence electrons. The Morgan fingerprint density at radius 3 is 2.67 bits per heavy atom. The van der Waals surface area contributed by atoms with E-state index in [9.17, 15) is 0 Å². The first-order valence-electron chi connectivity index (χ1n) is 8.52. The minimum atomic E-state index is 0.115. The quantitative estimate of drug-likeness (QED) is 0.814. The lowest BCUT2D eigenvalue weighted by molar-refractivity contribution is 0.0170. The molecule has 2 fully saturated rings. The minimum absolute atomic E-state index is 0.115. The summed E-state index contributed by atoms with van der Waals surface area (Å²) in [5.74, 6) is 0.546. The molecule has 24 heavy (non-hydrogen) atoms. The fourth-order valence-corrected chi connectivity index (χ4v) is 3.83. The van der Waals surface area contributed by atoms with Gasteiger partial charge in [-0.2, -0.15) is 0 Å². The van der Waals surface area contributed by atoms with E-state index < -0.39 is 0 Å². The van der Waals surface area contributed by atoms with Gasteiger partial charge >= 0.3 is 0 Å². The van der Waals surface area contributed by atoms with Crippen LogP contribution in [0.3, 0.4) is 0 Å². The van der Waals surface area contributed by atoms with Crippen molar-refractivity contribution in [1.29, 1.82) is 0 Å². The van der Waals surface area contributed by atoms with E-state index in [2.05, 4.69) is 20.9 Å². The third-order valence-electron chi connectivity index (χ3n) is 5.07. The number of hydrogen-bond acceptors (Lipinski definition) is 5. The normalized spacial score (nSPS) is 26.6. The molecule has 2 aliphatic heterocycles. The number of rotatable bonds is 6. The molecule has 0 spiro atoms. The maximum Gasteiger partial charge on any atom is 0.0888 e. The molecule has 0 bridgehead atoms. The highest BCUT2D eigenvalue weighted by Crippen LogP contribution is 2.42. The van der Waals surface area contributed by atoms with Crippen LogP contribution in [0.25, 0.3) is 0 Å². The lowest BCUT2D eigenvalue weighted by atomic mass is 9.82. The zero-order valence-corrected chi connectivity index (χ0v) is 13.8. The van der Waals surface area contributed by atoms with Crippen LogP contribution in [-0.4, -0.2) is 47.8 Å². The highest BCUT2D eigenvalue weighted by atomic mass is 16.5. The van der Waals surface area contributed by atoms with Gasteiger partial charge in [-0.3, -0.25) is 14.9 Å². The summed E-state index contributed by atoms with van der Waals surface area (Å²) in [5.41, 5.74) is 2.22. The molecule has 2 aromatic rings. The fraction of sp³-hybridized carbons (Fsp3) is 0.474. The first-order valence-corrected chi connectivity index (χ1v) is 8.52. The van der Waals surface area contributed by atoms with Crippen molar-refractivity contribution >= 4 is 0 Å². The number of hydrogen-bond donors (Lipinski definition) is 0. The van der Waals surface area contributed by atoms with Gasteiger partial charge in [0.05, 0.1) is 37.8 Å². The van der Waals surface area contributed by atoms with E-state index in [-0.39, 0.29) is 5.41 Å². The lowest BCUT2D eigenvalue weighted by Gasteiger charge is -2.27. The Balaban J connectivity index is 1.36. The van der Waals surface area contributed by atoms with Crippen LogP contribution in [0, 0.1) is 11.3 Å². The predicted molar refractivity (Wildman–Crippen MR) is 90.1 cm³/mol. The molecule has 0 amide bonds. The van der Waals surface area contributed by atoms with Crippen molar-refractivity contribution in [2.75, 3.05) is 32.9 Å². The molecule has 4 rings (SSSR count). The fourth-order valence-electron chi connectivity index (χ4n) is 3.83. The monoisotopic (exact) mass is 325 g/mol. The van der Waals surface area contributed by atoms with Crippen molar-refractivity contribution in [1.82, 2.24) is 14.9 Å². The SMILES string of the molecule is c1ccc(COC[C@]23COC[C@H]2CN(Cc2ccccn2)C3)nc1. The molecule has 0 aliphatic carbocycles. The summed E-state index contributed by atoms with van der Waals surface area (Å²) in [7, 11) is 0. The second kappa shape index (κ2) is 6.97. The zero-order valence-electron chi connectivity index (χ0n) is 13.8. The summed E-state index contributed by atoms with van der Waals surface area (Å²) in [6.45, 7) is 5.89. The minimum Gasteiger partial charge on any atom is -0.380 e. The van der Waals surface area contributed by atoms with Crippen LogP contribution in [0.1, 0.15) is 11.4 Å². The Bertz CT molecular complexity index is 652. The number of nitrogens with zero attached hydrogens (tertiary/aromatic N) is 3. The molecule has 5 nitrogen and oxygen atoms in total. The number of aromatic nitrogens is 2. The molecule has 0 N–H and O–H groups in total. The second-order valence-electron chi connectivity index (χ2n) is 6.88. The molecule has 5 heteroatoms. The Hall–Kier alpha value is -1.82. The predicted octanol–water partition coefficient (Wildman–Crippen LogP) is 2.14. The van der Waals surface area contributed by atoms with Crippen molar-refractivity contribution in [2.24, 2.45) is 11.3 Å². The Morgan fingerprint density at radius 1 is 1.12 bits per heavy atom. The van der Waals surface area contributed by atoms with Crippen LogP contribution in [-0.2, 0) is 22.6 Å². The average molecular weight is 325 g/mol. The summed E-state index contributed by atoms with van der Waals surface area (Å²) in [6.07, 6.45) is 3.67. The van der Waals surface area contributed by atoms with Crippen LogP contribution < -0.4 is 0 Å². The summed E-state index contributed by atoms with van der Waals surface area (Å²) < 4.78 is 11.8. The smallest absolute Gasteiger partial charge is 0.0888 e. The van der Waals surface area contributed by atoms with Gasteiger partial charge in [-0.25, -0.2) is 0 Å². The van der Waals surface area contributed by atoms with Gasteiger partial charge in [0.15, 0.2) is 0 Å². The van der Waals surface area contributed by atoms with Crippen LogP contribution >= 0.6 is 0 Å². The summed E-state index contributed by atoms with van der Waals surface area (Å²) in [6, 6.07) is 12.0. The van der Waals surface area contributed by atoms with Gasteiger partial charge in [-0.15, -0.1) is 0 Å². The molecule has 0 saturated carbocycles. The third-order valence-corrected chi connectivity index (χ3v) is 5.07. The molecular formula is C19H23N3O2. The summed E-state index contributed by atoms with van der Waals surface area (Å²) in [5, 5.41) is 0. The molecule has 2 atom stereocenters. The van der Waals surface area contributed by atoms with Crippen LogP contribution in [0.4, 0.5) is 0 Å². The van der Waals surface area contributed by atoms with E-state index in [1.165, 1.54) is 0 Å². The van der Waals surface area contributed by atoms with Crippen molar-refractivity contribution < 1.29 is 9.47 Å². The van der Waals surface area contributed by atoms with Gasteiger partial charge in [0.1, 0.15) is 0 Å². The van der Waals surface area contributed by atoms with Crippen molar-refractivity contribution in [3.63, 3.8) is 0 Å². The summed E-state index contributed by atoms with van der Waals surface area (Å²) >= 11 is 0. The molecule has 2 aliphatic rings. The van der Waals surface area contributed by atoms with Gasteiger partial charge in [0, 0.05) is 43.4 Å². The van der Waals surface area contributed by atoms with E-state index in [1.807, 2.05) is 42.7 Å². The first kappa shape index (κ1) is 15.7. The molecule has 2 aromatic heterocycles. The maximum atomic E-state index is 6.02. The first-order chi connectivity index (χ1) is 11.8. The van der Waals surface area contributed by atoms with Crippen LogP contribution in [0.5, 0.6) is 0 Å². The molecular weight excluding hydrogens is 302 g/mol. The molecule has 0 unspecified atom stereocenters. The van der Waals surface area contributed by atoms with Crippen molar-refractivity contribution in [3.05, 3.63) is 60.2 Å². The van der Waals surface area contributed by atoms with Gasteiger partial charge in [-0.05, 0) is 24.3 Å².